The molecule has 2 rings (SSSR count). The van der Waals surface area contributed by atoms with Gasteiger partial charge in [-0.2, -0.15) is 0 Å². The van der Waals surface area contributed by atoms with E-state index in [4.69, 9.17) is 0 Å². The van der Waals surface area contributed by atoms with E-state index in [1.807, 2.05) is 0 Å². The predicted octanol–water partition coefficient (Wildman–Crippen LogP) is 6.37. The summed E-state index contributed by atoms with van der Waals surface area (Å²) in [7, 11) is 0. The van der Waals surface area contributed by atoms with E-state index in [1.165, 1.54) is 38.5 Å². The molecule has 0 aromatic carbocycles. The minimum absolute atomic E-state index is 1.04. The fourth-order valence-corrected chi connectivity index (χ4v) is 4.66. The number of hydrogen-bond donors (Lipinski definition) is 0. The van der Waals surface area contributed by atoms with E-state index in [2.05, 4.69) is 26.0 Å². The Morgan fingerprint density at radius 3 is 2.21 bits per heavy atom. The van der Waals surface area contributed by atoms with Crippen LogP contribution in [-0.2, 0) is 0 Å². The van der Waals surface area contributed by atoms with E-state index in [0.717, 1.165) is 23.7 Å². The Hall–Kier alpha value is -0.260. The Labute approximate surface area is 121 Å². The molecule has 110 valence electrons. The van der Waals surface area contributed by atoms with Gasteiger partial charge in [0.15, 0.2) is 0 Å². The van der Waals surface area contributed by atoms with E-state index in [-0.39, 0.29) is 0 Å². The zero-order chi connectivity index (χ0) is 13.5. The van der Waals surface area contributed by atoms with Crippen LogP contribution >= 0.6 is 0 Å². The van der Waals surface area contributed by atoms with Gasteiger partial charge in [-0.05, 0) is 69.1 Å². The minimum Gasteiger partial charge on any atom is -0.0917 e. The second kappa shape index (κ2) is 8.12. The number of allylic oxidation sites excluding steroid dienone is 2. The third-order valence-corrected chi connectivity index (χ3v) is 5.81. The Morgan fingerprint density at radius 1 is 0.842 bits per heavy atom. The van der Waals surface area contributed by atoms with Crippen molar-refractivity contribution in [1.29, 1.82) is 0 Å². The summed E-state index contributed by atoms with van der Waals surface area (Å²) >= 11 is 0. The zero-order valence-electron chi connectivity index (χ0n) is 13.2. The van der Waals surface area contributed by atoms with Gasteiger partial charge in [-0.1, -0.05) is 51.2 Å². The van der Waals surface area contributed by atoms with Crippen molar-refractivity contribution >= 4 is 0 Å². The van der Waals surface area contributed by atoms with E-state index in [0.29, 0.717) is 0 Å². The van der Waals surface area contributed by atoms with Crippen LogP contribution in [0.15, 0.2) is 12.2 Å². The first kappa shape index (κ1) is 15.1. The number of rotatable bonds is 6. The van der Waals surface area contributed by atoms with Gasteiger partial charge in [0.1, 0.15) is 0 Å². The molecule has 0 bridgehead atoms. The maximum Gasteiger partial charge on any atom is -0.0348 e. The molecule has 2 fully saturated rings. The van der Waals surface area contributed by atoms with E-state index in [1.54, 1.807) is 32.1 Å². The molecule has 2 aliphatic rings. The third-order valence-electron chi connectivity index (χ3n) is 5.81. The van der Waals surface area contributed by atoms with Gasteiger partial charge >= 0.3 is 0 Å². The summed E-state index contributed by atoms with van der Waals surface area (Å²) in [6.45, 7) is 4.49. The van der Waals surface area contributed by atoms with Crippen LogP contribution < -0.4 is 0 Å². The molecule has 0 heteroatoms. The normalized spacial score (nSPS) is 36.1. The average molecular weight is 262 g/mol. The molecule has 2 atom stereocenters. The SMILES string of the molecule is CC=CCCC1CCC(C2CCC(CCC)C2)CC1. The molecule has 0 saturated heterocycles. The Balaban J connectivity index is 1.66. The fourth-order valence-electron chi connectivity index (χ4n) is 4.66. The van der Waals surface area contributed by atoms with Crippen LogP contribution in [0.2, 0.25) is 0 Å². The monoisotopic (exact) mass is 262 g/mol. The highest BCUT2D eigenvalue weighted by molar-refractivity contribution is 4.85. The molecular formula is C19H34. The Bertz CT molecular complexity index is 257. The summed E-state index contributed by atoms with van der Waals surface area (Å²) in [4.78, 5) is 0. The quantitative estimate of drug-likeness (QED) is 0.488. The van der Waals surface area contributed by atoms with Crippen LogP contribution in [0.25, 0.3) is 0 Å². The number of hydrogen-bond acceptors (Lipinski definition) is 0. The van der Waals surface area contributed by atoms with Gasteiger partial charge in [0.2, 0.25) is 0 Å². The van der Waals surface area contributed by atoms with E-state index in [9.17, 15) is 0 Å². The smallest absolute Gasteiger partial charge is 0.0348 e. The summed E-state index contributed by atoms with van der Waals surface area (Å²) in [5.74, 6) is 4.33. The van der Waals surface area contributed by atoms with Crippen molar-refractivity contribution in [3.8, 4) is 0 Å². The van der Waals surface area contributed by atoms with Crippen molar-refractivity contribution in [2.45, 2.75) is 84.5 Å². The Kier molecular flexibility index (Phi) is 6.47. The molecule has 0 radical (unpaired) electrons. The van der Waals surface area contributed by atoms with Crippen molar-refractivity contribution < 1.29 is 0 Å². The van der Waals surface area contributed by atoms with Crippen LogP contribution in [0, 0.1) is 23.7 Å². The third kappa shape index (κ3) is 4.65. The standard InChI is InChI=1S/C19H34/c1-3-5-6-8-16-9-12-18(13-10-16)19-14-11-17(15-19)7-4-2/h3,5,16-19H,4,6-15H2,1-2H3. The summed E-state index contributed by atoms with van der Waals surface area (Å²) in [6, 6.07) is 0. The van der Waals surface area contributed by atoms with Crippen LogP contribution in [0.1, 0.15) is 84.5 Å². The molecule has 0 heterocycles. The second-order valence-corrected chi connectivity index (χ2v) is 7.16. The first-order valence-electron chi connectivity index (χ1n) is 8.94. The molecule has 0 aromatic rings. The van der Waals surface area contributed by atoms with Crippen LogP contribution in [0.5, 0.6) is 0 Å². The summed E-state index contributed by atoms with van der Waals surface area (Å²) in [5, 5.41) is 0. The summed E-state index contributed by atoms with van der Waals surface area (Å²) < 4.78 is 0. The van der Waals surface area contributed by atoms with Crippen molar-refractivity contribution in [1.82, 2.24) is 0 Å². The molecule has 0 N–H and O–H groups in total. The van der Waals surface area contributed by atoms with Crippen molar-refractivity contribution in [3.05, 3.63) is 12.2 Å². The van der Waals surface area contributed by atoms with Crippen molar-refractivity contribution in [2.75, 3.05) is 0 Å². The van der Waals surface area contributed by atoms with Gasteiger partial charge < -0.3 is 0 Å². The van der Waals surface area contributed by atoms with Gasteiger partial charge in [-0.25, -0.2) is 0 Å². The Morgan fingerprint density at radius 2 is 1.53 bits per heavy atom. The maximum absolute atomic E-state index is 2.35. The molecule has 0 aliphatic heterocycles. The van der Waals surface area contributed by atoms with Gasteiger partial charge in [0.25, 0.3) is 0 Å². The highest BCUT2D eigenvalue weighted by Gasteiger charge is 2.32. The molecule has 19 heavy (non-hydrogen) atoms. The predicted molar refractivity (Wildman–Crippen MR) is 85.2 cm³/mol. The largest absolute Gasteiger partial charge is 0.0917 e. The van der Waals surface area contributed by atoms with Crippen molar-refractivity contribution in [2.24, 2.45) is 23.7 Å². The molecule has 0 amide bonds. The second-order valence-electron chi connectivity index (χ2n) is 7.16. The first-order valence-corrected chi connectivity index (χ1v) is 8.94. The van der Waals surface area contributed by atoms with Crippen LogP contribution in [0.3, 0.4) is 0 Å². The topological polar surface area (TPSA) is 0 Å². The highest BCUT2D eigenvalue weighted by Crippen LogP contribution is 2.44. The average Bonchev–Trinajstić information content (AvgIpc) is 2.89. The lowest BCUT2D eigenvalue weighted by Crippen LogP contribution is -2.20. The van der Waals surface area contributed by atoms with Crippen molar-refractivity contribution in [3.63, 3.8) is 0 Å². The molecule has 0 spiro atoms. The molecule has 2 unspecified atom stereocenters. The first-order chi connectivity index (χ1) is 9.33. The van der Waals surface area contributed by atoms with Gasteiger partial charge in [0, 0.05) is 0 Å². The molecule has 2 aliphatic carbocycles. The lowest BCUT2D eigenvalue weighted by atomic mass is 9.74. The van der Waals surface area contributed by atoms with E-state index < -0.39 is 0 Å². The maximum atomic E-state index is 2.35. The summed E-state index contributed by atoms with van der Waals surface area (Å²) in [5.41, 5.74) is 0. The summed E-state index contributed by atoms with van der Waals surface area (Å²) in [6.07, 6.45) is 21.0. The molecular weight excluding hydrogens is 228 g/mol. The highest BCUT2D eigenvalue weighted by atomic mass is 14.4. The van der Waals surface area contributed by atoms with Gasteiger partial charge in [-0.15, -0.1) is 0 Å². The molecule has 0 aromatic heterocycles. The lowest BCUT2D eigenvalue weighted by Gasteiger charge is -2.32. The zero-order valence-corrected chi connectivity index (χ0v) is 13.2. The fraction of sp³-hybridized carbons (Fsp3) is 0.895. The van der Waals surface area contributed by atoms with Gasteiger partial charge in [0.05, 0.1) is 0 Å². The molecule has 2 saturated carbocycles. The van der Waals surface area contributed by atoms with E-state index >= 15 is 0 Å². The van der Waals surface area contributed by atoms with Crippen LogP contribution in [0.4, 0.5) is 0 Å². The minimum atomic E-state index is 1.04. The molecule has 0 nitrogen and oxygen atoms in total. The lowest BCUT2D eigenvalue weighted by molar-refractivity contribution is 0.197. The van der Waals surface area contributed by atoms with Crippen LogP contribution in [-0.4, -0.2) is 0 Å². The van der Waals surface area contributed by atoms with Gasteiger partial charge in [-0.3, -0.25) is 0 Å².